The topological polar surface area (TPSA) is 77.8 Å². The first-order chi connectivity index (χ1) is 4.96. The maximum Gasteiger partial charge on any atom is 0.189 e. The van der Waals surface area contributed by atoms with Crippen molar-refractivity contribution in [1.29, 1.82) is 0 Å². The van der Waals surface area contributed by atoms with Gasteiger partial charge in [0.15, 0.2) is 11.4 Å². The van der Waals surface area contributed by atoms with Crippen molar-refractivity contribution in [3.05, 3.63) is 12.2 Å². The van der Waals surface area contributed by atoms with Gasteiger partial charge < -0.3 is 15.3 Å². The fourth-order valence-electron chi connectivity index (χ4n) is 0.938. The maximum atomic E-state index is 10.9. The second-order valence-corrected chi connectivity index (χ2v) is 2.81. The van der Waals surface area contributed by atoms with Crippen LogP contribution in [0.4, 0.5) is 0 Å². The Morgan fingerprint density at radius 2 is 2.09 bits per heavy atom. The van der Waals surface area contributed by atoms with E-state index in [1.54, 1.807) is 0 Å². The molecule has 0 heterocycles. The molecule has 1 aliphatic carbocycles. The fourth-order valence-corrected chi connectivity index (χ4v) is 0.938. The largest absolute Gasteiger partial charge is 0.387 e. The minimum atomic E-state index is -1.85. The molecule has 4 nitrogen and oxygen atoms in total. The minimum absolute atomic E-state index is 0.588. The van der Waals surface area contributed by atoms with E-state index in [1.165, 1.54) is 6.92 Å². The monoisotopic (exact) mass is 158 g/mol. The van der Waals surface area contributed by atoms with Crippen LogP contribution in [0, 0.1) is 0 Å². The molecule has 0 aliphatic heterocycles. The highest BCUT2D eigenvalue weighted by molar-refractivity contribution is 5.98. The Labute approximate surface area is 63.8 Å². The molecule has 1 aliphatic rings. The average molecular weight is 158 g/mol. The van der Waals surface area contributed by atoms with Crippen LogP contribution >= 0.6 is 0 Å². The number of aliphatic hydroxyl groups excluding tert-OH is 2. The van der Waals surface area contributed by atoms with Gasteiger partial charge in [0.1, 0.15) is 12.2 Å². The van der Waals surface area contributed by atoms with E-state index >= 15 is 0 Å². The fraction of sp³-hybridized carbons (Fsp3) is 0.571. The SMILES string of the molecule is C[C@@]1(O)C(=O)C=C[C@H](O)[C@@H]1O. The first-order valence-electron chi connectivity index (χ1n) is 3.27. The maximum absolute atomic E-state index is 10.9. The van der Waals surface area contributed by atoms with E-state index in [0.717, 1.165) is 12.2 Å². The lowest BCUT2D eigenvalue weighted by Gasteiger charge is -2.31. The molecule has 3 N–H and O–H groups in total. The summed E-state index contributed by atoms with van der Waals surface area (Å²) in [6.07, 6.45) is -0.370. The third kappa shape index (κ3) is 1.20. The van der Waals surface area contributed by atoms with Crippen molar-refractivity contribution in [2.45, 2.75) is 24.7 Å². The summed E-state index contributed by atoms with van der Waals surface area (Å²) in [4.78, 5) is 10.9. The Balaban J connectivity index is 2.97. The van der Waals surface area contributed by atoms with E-state index in [2.05, 4.69) is 0 Å². The van der Waals surface area contributed by atoms with Crippen LogP contribution in [-0.4, -0.2) is 38.9 Å². The molecule has 0 unspecified atom stereocenters. The second kappa shape index (κ2) is 2.41. The third-order valence-electron chi connectivity index (χ3n) is 1.84. The van der Waals surface area contributed by atoms with Gasteiger partial charge in [-0.2, -0.15) is 0 Å². The van der Waals surface area contributed by atoms with Crippen molar-refractivity contribution in [1.82, 2.24) is 0 Å². The number of hydrogen-bond donors (Lipinski definition) is 3. The van der Waals surface area contributed by atoms with Gasteiger partial charge >= 0.3 is 0 Å². The van der Waals surface area contributed by atoms with Crippen molar-refractivity contribution >= 4 is 5.78 Å². The predicted octanol–water partition coefficient (Wildman–Crippen LogP) is -1.40. The van der Waals surface area contributed by atoms with Crippen LogP contribution in [0.3, 0.4) is 0 Å². The van der Waals surface area contributed by atoms with Gasteiger partial charge in [0.05, 0.1) is 0 Å². The first-order valence-corrected chi connectivity index (χ1v) is 3.27. The van der Waals surface area contributed by atoms with Crippen molar-refractivity contribution < 1.29 is 20.1 Å². The Bertz CT molecular complexity index is 206. The first kappa shape index (κ1) is 8.39. The van der Waals surface area contributed by atoms with Gasteiger partial charge in [-0.05, 0) is 19.1 Å². The lowest BCUT2D eigenvalue weighted by atomic mass is 9.85. The van der Waals surface area contributed by atoms with Gasteiger partial charge in [0, 0.05) is 0 Å². The summed E-state index contributed by atoms with van der Waals surface area (Å²) < 4.78 is 0. The van der Waals surface area contributed by atoms with Gasteiger partial charge in [-0.15, -0.1) is 0 Å². The van der Waals surface area contributed by atoms with Crippen LogP contribution < -0.4 is 0 Å². The van der Waals surface area contributed by atoms with Gasteiger partial charge in [-0.3, -0.25) is 4.79 Å². The summed E-state index contributed by atoms with van der Waals surface area (Å²) in [5.41, 5.74) is -1.85. The predicted molar refractivity (Wildman–Crippen MR) is 36.8 cm³/mol. The highest BCUT2D eigenvalue weighted by atomic mass is 16.4. The minimum Gasteiger partial charge on any atom is -0.387 e. The highest BCUT2D eigenvalue weighted by Gasteiger charge is 2.42. The van der Waals surface area contributed by atoms with Crippen LogP contribution in [0.1, 0.15) is 6.92 Å². The van der Waals surface area contributed by atoms with Crippen molar-refractivity contribution in [3.8, 4) is 0 Å². The van der Waals surface area contributed by atoms with E-state index in [0.29, 0.717) is 0 Å². The van der Waals surface area contributed by atoms with Crippen LogP contribution in [0.15, 0.2) is 12.2 Å². The molecular formula is C7H10O4. The Morgan fingerprint density at radius 1 is 1.55 bits per heavy atom. The lowest BCUT2D eigenvalue weighted by Crippen LogP contribution is -2.53. The van der Waals surface area contributed by atoms with Crippen molar-refractivity contribution in [2.24, 2.45) is 0 Å². The quantitative estimate of drug-likeness (QED) is 0.405. The Kier molecular flexibility index (Phi) is 1.83. The molecule has 4 heteroatoms. The smallest absolute Gasteiger partial charge is 0.189 e. The van der Waals surface area contributed by atoms with E-state index in [4.69, 9.17) is 10.2 Å². The highest BCUT2D eigenvalue weighted by Crippen LogP contribution is 2.20. The molecule has 11 heavy (non-hydrogen) atoms. The van der Waals surface area contributed by atoms with Crippen LogP contribution in [-0.2, 0) is 4.79 Å². The summed E-state index contributed by atoms with van der Waals surface area (Å²) in [6, 6.07) is 0. The Morgan fingerprint density at radius 3 is 2.55 bits per heavy atom. The molecule has 0 aromatic rings. The lowest BCUT2D eigenvalue weighted by molar-refractivity contribution is -0.152. The van der Waals surface area contributed by atoms with E-state index in [-0.39, 0.29) is 0 Å². The standard InChI is InChI=1S/C7H10O4/c1-7(11)5(9)3-2-4(8)6(7)10/h2-4,6,8,10-11H,1H3/t4-,6-,7+/m0/s1. The molecule has 0 fully saturated rings. The summed E-state index contributed by atoms with van der Waals surface area (Å²) in [5, 5.41) is 27.4. The molecular weight excluding hydrogens is 148 g/mol. The normalized spacial score (nSPS) is 44.5. The summed E-state index contributed by atoms with van der Waals surface area (Å²) >= 11 is 0. The van der Waals surface area contributed by atoms with Gasteiger partial charge in [-0.25, -0.2) is 0 Å². The molecule has 62 valence electrons. The zero-order chi connectivity index (χ0) is 8.65. The summed E-state index contributed by atoms with van der Waals surface area (Å²) in [5.74, 6) is -0.588. The number of ketones is 1. The Hall–Kier alpha value is -0.710. The van der Waals surface area contributed by atoms with Gasteiger partial charge in [0.25, 0.3) is 0 Å². The number of aliphatic hydroxyl groups is 3. The summed E-state index contributed by atoms with van der Waals surface area (Å²) in [7, 11) is 0. The molecule has 3 atom stereocenters. The van der Waals surface area contributed by atoms with E-state index < -0.39 is 23.6 Å². The number of hydrogen-bond acceptors (Lipinski definition) is 4. The van der Waals surface area contributed by atoms with Crippen LogP contribution in [0.25, 0.3) is 0 Å². The van der Waals surface area contributed by atoms with Crippen molar-refractivity contribution in [3.63, 3.8) is 0 Å². The zero-order valence-corrected chi connectivity index (χ0v) is 6.06. The van der Waals surface area contributed by atoms with Crippen molar-refractivity contribution in [2.75, 3.05) is 0 Å². The molecule has 0 saturated heterocycles. The number of rotatable bonds is 0. The van der Waals surface area contributed by atoms with Gasteiger partial charge in [0.2, 0.25) is 0 Å². The molecule has 0 aromatic heterocycles. The molecule has 0 saturated carbocycles. The number of carbonyl (C=O) groups excluding carboxylic acids is 1. The summed E-state index contributed by atoms with van der Waals surface area (Å²) in [6.45, 7) is 1.17. The molecule has 0 radical (unpaired) electrons. The zero-order valence-electron chi connectivity index (χ0n) is 6.06. The molecule has 0 amide bonds. The van der Waals surface area contributed by atoms with E-state index in [9.17, 15) is 9.90 Å². The molecule has 1 rings (SSSR count). The van der Waals surface area contributed by atoms with Crippen LogP contribution in [0.5, 0.6) is 0 Å². The number of carbonyl (C=O) groups is 1. The second-order valence-electron chi connectivity index (χ2n) is 2.81. The third-order valence-corrected chi connectivity index (χ3v) is 1.84. The van der Waals surface area contributed by atoms with Crippen LogP contribution in [0.2, 0.25) is 0 Å². The molecule has 0 spiro atoms. The average Bonchev–Trinajstić information content (AvgIpc) is 1.95. The van der Waals surface area contributed by atoms with E-state index in [1.807, 2.05) is 0 Å². The molecule has 0 aromatic carbocycles. The van der Waals surface area contributed by atoms with Gasteiger partial charge in [-0.1, -0.05) is 0 Å². The molecule has 0 bridgehead atoms.